The maximum Gasteiger partial charge on any atom is 0.0486 e. The molecule has 1 heterocycles. The fourth-order valence-corrected chi connectivity index (χ4v) is 2.83. The molecular formula is C20H22N2. The van der Waals surface area contributed by atoms with Crippen molar-refractivity contribution in [3.05, 3.63) is 84.1 Å². The molecule has 0 aliphatic heterocycles. The topological polar surface area (TPSA) is 8.17 Å². The summed E-state index contributed by atoms with van der Waals surface area (Å²) in [5, 5.41) is 0. The summed E-state index contributed by atoms with van der Waals surface area (Å²) >= 11 is 0. The molecule has 0 saturated heterocycles. The smallest absolute Gasteiger partial charge is 0.0486 e. The van der Waals surface area contributed by atoms with Gasteiger partial charge in [0, 0.05) is 30.5 Å². The van der Waals surface area contributed by atoms with E-state index in [0.29, 0.717) is 0 Å². The molecule has 1 aromatic heterocycles. The van der Waals surface area contributed by atoms with Crippen molar-refractivity contribution in [2.75, 3.05) is 14.1 Å². The van der Waals surface area contributed by atoms with E-state index in [1.165, 1.54) is 22.4 Å². The summed E-state index contributed by atoms with van der Waals surface area (Å²) in [6.07, 6.45) is 2.16. The molecule has 2 heteroatoms. The third-order valence-corrected chi connectivity index (χ3v) is 3.81. The Hall–Kier alpha value is -2.32. The van der Waals surface area contributed by atoms with E-state index in [2.05, 4.69) is 96.5 Å². The van der Waals surface area contributed by atoms with Crippen molar-refractivity contribution in [3.63, 3.8) is 0 Å². The fourth-order valence-electron chi connectivity index (χ4n) is 2.83. The minimum absolute atomic E-state index is 0.902. The van der Waals surface area contributed by atoms with Gasteiger partial charge in [-0.25, -0.2) is 0 Å². The van der Waals surface area contributed by atoms with E-state index < -0.39 is 0 Å². The predicted octanol–water partition coefficient (Wildman–Crippen LogP) is 4.27. The van der Waals surface area contributed by atoms with Gasteiger partial charge in [-0.15, -0.1) is 0 Å². The van der Waals surface area contributed by atoms with Gasteiger partial charge in [0.05, 0.1) is 0 Å². The van der Waals surface area contributed by atoms with Gasteiger partial charge >= 0.3 is 0 Å². The second kappa shape index (κ2) is 6.63. The third kappa shape index (κ3) is 3.29. The van der Waals surface area contributed by atoms with Crippen LogP contribution in [0.1, 0.15) is 11.1 Å². The molecule has 0 spiro atoms. The number of hydrogen-bond donors (Lipinski definition) is 0. The molecule has 2 nitrogen and oxygen atoms in total. The van der Waals surface area contributed by atoms with E-state index in [9.17, 15) is 0 Å². The molecule has 0 N–H and O–H groups in total. The summed E-state index contributed by atoms with van der Waals surface area (Å²) in [7, 11) is 4.22. The second-order valence-corrected chi connectivity index (χ2v) is 5.90. The van der Waals surface area contributed by atoms with Gasteiger partial charge in [-0.1, -0.05) is 54.6 Å². The number of aromatic nitrogens is 1. The molecule has 0 aliphatic rings. The molecular weight excluding hydrogens is 268 g/mol. The minimum atomic E-state index is 0.902. The van der Waals surface area contributed by atoms with Gasteiger partial charge in [0.2, 0.25) is 0 Å². The van der Waals surface area contributed by atoms with Gasteiger partial charge in [0.15, 0.2) is 0 Å². The molecule has 2 aromatic carbocycles. The first kappa shape index (κ1) is 14.6. The molecule has 3 aromatic rings. The summed E-state index contributed by atoms with van der Waals surface area (Å²) in [6, 6.07) is 23.6. The van der Waals surface area contributed by atoms with Crippen LogP contribution in [-0.4, -0.2) is 23.6 Å². The second-order valence-electron chi connectivity index (χ2n) is 5.90. The predicted molar refractivity (Wildman–Crippen MR) is 92.8 cm³/mol. The highest BCUT2D eigenvalue weighted by Gasteiger charge is 2.09. The Morgan fingerprint density at radius 2 is 1.55 bits per heavy atom. The van der Waals surface area contributed by atoms with E-state index in [0.717, 1.165) is 13.1 Å². The third-order valence-electron chi connectivity index (χ3n) is 3.81. The molecule has 3 rings (SSSR count). The Morgan fingerprint density at radius 1 is 0.818 bits per heavy atom. The van der Waals surface area contributed by atoms with Crippen molar-refractivity contribution in [1.29, 1.82) is 0 Å². The number of hydrogen-bond acceptors (Lipinski definition) is 1. The summed E-state index contributed by atoms with van der Waals surface area (Å²) < 4.78 is 2.32. The maximum atomic E-state index is 2.32. The highest BCUT2D eigenvalue weighted by Crippen LogP contribution is 2.25. The van der Waals surface area contributed by atoms with Crippen LogP contribution in [0.15, 0.2) is 72.9 Å². The fraction of sp³-hybridized carbons (Fsp3) is 0.200. The SMILES string of the molecule is CN(C)Cc1ccccc1-c1cccn1Cc1ccccc1. The lowest BCUT2D eigenvalue weighted by Crippen LogP contribution is -2.12. The van der Waals surface area contributed by atoms with Crippen LogP contribution in [0.2, 0.25) is 0 Å². The molecule has 0 amide bonds. The van der Waals surface area contributed by atoms with E-state index in [1.807, 2.05) is 0 Å². The van der Waals surface area contributed by atoms with Crippen molar-refractivity contribution in [2.45, 2.75) is 13.1 Å². The quantitative estimate of drug-likeness (QED) is 0.681. The Balaban J connectivity index is 1.95. The summed E-state index contributed by atoms with van der Waals surface area (Å²) in [6.45, 7) is 1.85. The molecule has 0 saturated carbocycles. The normalized spacial score (nSPS) is 11.0. The molecule has 0 fully saturated rings. The van der Waals surface area contributed by atoms with Gasteiger partial charge in [-0.05, 0) is 37.4 Å². The lowest BCUT2D eigenvalue weighted by molar-refractivity contribution is 0.403. The molecule has 0 aliphatic carbocycles. The number of benzene rings is 2. The van der Waals surface area contributed by atoms with Crippen molar-refractivity contribution in [2.24, 2.45) is 0 Å². The highest BCUT2D eigenvalue weighted by atomic mass is 15.0. The molecule has 0 unspecified atom stereocenters. The van der Waals surface area contributed by atoms with Crippen molar-refractivity contribution < 1.29 is 0 Å². The molecule has 0 atom stereocenters. The zero-order valence-corrected chi connectivity index (χ0v) is 13.2. The molecule has 112 valence electrons. The lowest BCUT2D eigenvalue weighted by Gasteiger charge is -2.16. The van der Waals surface area contributed by atoms with Gasteiger partial charge in [0.25, 0.3) is 0 Å². The molecule has 22 heavy (non-hydrogen) atoms. The van der Waals surface area contributed by atoms with Gasteiger partial charge in [-0.3, -0.25) is 0 Å². The number of nitrogens with zero attached hydrogens (tertiary/aromatic N) is 2. The van der Waals surface area contributed by atoms with Crippen molar-refractivity contribution in [3.8, 4) is 11.3 Å². The average molecular weight is 290 g/mol. The Labute approximate surface area is 132 Å². The standard InChI is InChI=1S/C20H22N2/c1-21(2)16-18-11-6-7-12-19(18)20-13-8-14-22(20)15-17-9-4-3-5-10-17/h3-14H,15-16H2,1-2H3. The largest absolute Gasteiger partial charge is 0.343 e. The average Bonchev–Trinajstić information content (AvgIpc) is 2.96. The van der Waals surface area contributed by atoms with Crippen LogP contribution in [0.4, 0.5) is 0 Å². The summed E-state index contributed by atoms with van der Waals surface area (Å²) in [4.78, 5) is 2.21. The first-order chi connectivity index (χ1) is 10.7. The summed E-state index contributed by atoms with van der Waals surface area (Å²) in [5.74, 6) is 0. The van der Waals surface area contributed by atoms with E-state index in [-0.39, 0.29) is 0 Å². The van der Waals surface area contributed by atoms with Crippen LogP contribution in [0.3, 0.4) is 0 Å². The molecule has 0 radical (unpaired) electrons. The first-order valence-corrected chi connectivity index (χ1v) is 7.66. The van der Waals surface area contributed by atoms with Crippen LogP contribution < -0.4 is 0 Å². The first-order valence-electron chi connectivity index (χ1n) is 7.66. The molecule has 0 bridgehead atoms. The summed E-state index contributed by atoms with van der Waals surface area (Å²) in [5.41, 5.74) is 5.28. The van der Waals surface area contributed by atoms with Gasteiger partial charge in [-0.2, -0.15) is 0 Å². The maximum absolute atomic E-state index is 2.32. The van der Waals surface area contributed by atoms with Crippen LogP contribution >= 0.6 is 0 Å². The van der Waals surface area contributed by atoms with Crippen LogP contribution in [-0.2, 0) is 13.1 Å². The Kier molecular flexibility index (Phi) is 4.40. The lowest BCUT2D eigenvalue weighted by atomic mass is 10.0. The van der Waals surface area contributed by atoms with Crippen LogP contribution in [0, 0.1) is 0 Å². The van der Waals surface area contributed by atoms with Gasteiger partial charge < -0.3 is 9.47 Å². The minimum Gasteiger partial charge on any atom is -0.343 e. The van der Waals surface area contributed by atoms with Crippen molar-refractivity contribution in [1.82, 2.24) is 9.47 Å². The Morgan fingerprint density at radius 3 is 2.32 bits per heavy atom. The van der Waals surface area contributed by atoms with E-state index >= 15 is 0 Å². The van der Waals surface area contributed by atoms with E-state index in [1.54, 1.807) is 0 Å². The Bertz CT molecular complexity index is 726. The van der Waals surface area contributed by atoms with Crippen LogP contribution in [0.5, 0.6) is 0 Å². The van der Waals surface area contributed by atoms with E-state index in [4.69, 9.17) is 0 Å². The highest BCUT2D eigenvalue weighted by molar-refractivity contribution is 5.64. The zero-order valence-electron chi connectivity index (χ0n) is 13.2. The van der Waals surface area contributed by atoms with Crippen molar-refractivity contribution >= 4 is 0 Å². The number of rotatable bonds is 5. The monoisotopic (exact) mass is 290 g/mol. The zero-order chi connectivity index (χ0) is 15.4. The van der Waals surface area contributed by atoms with Crippen LogP contribution in [0.25, 0.3) is 11.3 Å². The van der Waals surface area contributed by atoms with Gasteiger partial charge in [0.1, 0.15) is 0 Å².